The molecule has 0 fully saturated rings. The first-order valence-corrected chi connectivity index (χ1v) is 11.7. The van der Waals surface area contributed by atoms with Gasteiger partial charge in [-0.2, -0.15) is 0 Å². The van der Waals surface area contributed by atoms with Crippen LogP contribution in [0.2, 0.25) is 0 Å². The molecule has 2 amide bonds. The van der Waals surface area contributed by atoms with E-state index in [2.05, 4.69) is 5.32 Å². The molecule has 0 atom stereocenters. The summed E-state index contributed by atoms with van der Waals surface area (Å²) in [6.45, 7) is 4.13. The third-order valence-electron chi connectivity index (χ3n) is 5.92. The van der Waals surface area contributed by atoms with Crippen molar-refractivity contribution in [2.75, 3.05) is 5.32 Å². The highest BCUT2D eigenvalue weighted by atomic mass is 16.5. The Labute approximate surface area is 204 Å². The second-order valence-corrected chi connectivity index (χ2v) is 8.77. The van der Waals surface area contributed by atoms with Gasteiger partial charge >= 0.3 is 0 Å². The van der Waals surface area contributed by atoms with Crippen molar-refractivity contribution in [2.24, 2.45) is 0 Å². The van der Waals surface area contributed by atoms with Gasteiger partial charge in [0.25, 0.3) is 11.8 Å². The summed E-state index contributed by atoms with van der Waals surface area (Å²) in [5.74, 6) is 0.0502. The van der Waals surface area contributed by atoms with E-state index in [9.17, 15) is 9.59 Å². The van der Waals surface area contributed by atoms with Gasteiger partial charge in [0.2, 0.25) is 0 Å². The molecule has 0 spiro atoms. The second-order valence-electron chi connectivity index (χ2n) is 8.77. The van der Waals surface area contributed by atoms with Crippen LogP contribution in [-0.2, 0) is 16.1 Å². The van der Waals surface area contributed by atoms with Crippen LogP contribution in [0.15, 0.2) is 103 Å². The maximum atomic E-state index is 13.6. The zero-order valence-corrected chi connectivity index (χ0v) is 19.7. The number of carbonyl (C=O) groups is 2. The van der Waals surface area contributed by atoms with Crippen molar-refractivity contribution in [1.29, 1.82) is 0 Å². The van der Waals surface area contributed by atoms with Crippen molar-refractivity contribution in [3.63, 3.8) is 0 Å². The van der Waals surface area contributed by atoms with E-state index >= 15 is 0 Å². The summed E-state index contributed by atoms with van der Waals surface area (Å²) in [6.07, 6.45) is 0.0414. The molecule has 0 unspecified atom stereocenters. The van der Waals surface area contributed by atoms with Crippen LogP contribution in [0.4, 0.5) is 5.69 Å². The van der Waals surface area contributed by atoms with Gasteiger partial charge in [0.15, 0.2) is 0 Å². The Morgan fingerprint density at radius 1 is 0.771 bits per heavy atom. The van der Waals surface area contributed by atoms with Gasteiger partial charge in [-0.15, -0.1) is 0 Å². The number of benzene rings is 4. The Hall–Kier alpha value is -4.38. The van der Waals surface area contributed by atoms with Crippen LogP contribution in [0.1, 0.15) is 25.0 Å². The Morgan fingerprint density at radius 2 is 1.46 bits per heavy atom. The quantitative estimate of drug-likeness (QED) is 0.341. The van der Waals surface area contributed by atoms with E-state index in [1.807, 2.05) is 111 Å². The lowest BCUT2D eigenvalue weighted by Gasteiger charge is -2.16. The summed E-state index contributed by atoms with van der Waals surface area (Å²) in [5.41, 5.74) is 2.96. The van der Waals surface area contributed by atoms with Crippen LogP contribution >= 0.6 is 0 Å². The normalized spacial score (nSPS) is 13.7. The number of ether oxygens (including phenoxy) is 1. The molecule has 0 aliphatic carbocycles. The molecule has 1 heterocycles. The summed E-state index contributed by atoms with van der Waals surface area (Å²) < 4.78 is 5.76. The molecule has 0 saturated carbocycles. The predicted octanol–water partition coefficient (Wildman–Crippen LogP) is 6.02. The maximum Gasteiger partial charge on any atom is 0.278 e. The Bertz CT molecular complexity index is 1420. The second kappa shape index (κ2) is 9.47. The lowest BCUT2D eigenvalue weighted by molar-refractivity contribution is -0.137. The van der Waals surface area contributed by atoms with E-state index in [0.29, 0.717) is 16.9 Å². The molecule has 5 rings (SSSR count). The fourth-order valence-corrected chi connectivity index (χ4v) is 4.31. The van der Waals surface area contributed by atoms with Crippen LogP contribution in [-0.4, -0.2) is 22.8 Å². The molecule has 1 aliphatic rings. The van der Waals surface area contributed by atoms with Crippen molar-refractivity contribution in [3.8, 4) is 5.75 Å². The molecule has 4 aromatic carbocycles. The molecule has 35 heavy (non-hydrogen) atoms. The molecule has 0 radical (unpaired) electrons. The average molecular weight is 463 g/mol. The topological polar surface area (TPSA) is 58.6 Å². The van der Waals surface area contributed by atoms with Gasteiger partial charge in [0, 0.05) is 11.1 Å². The maximum absolute atomic E-state index is 13.6. The SMILES string of the molecule is CC(C)Oc1ccc(C2=C(Nc3cccc4ccccc34)C(=O)N(Cc3ccccc3)C2=O)cc1. The number of hydrogen-bond acceptors (Lipinski definition) is 4. The van der Waals surface area contributed by atoms with E-state index in [0.717, 1.165) is 22.0 Å². The first kappa shape index (κ1) is 22.4. The Kier molecular flexibility index (Phi) is 6.06. The van der Waals surface area contributed by atoms with Gasteiger partial charge in [-0.1, -0.05) is 78.9 Å². The monoisotopic (exact) mass is 462 g/mol. The molecule has 1 aliphatic heterocycles. The highest BCUT2D eigenvalue weighted by Gasteiger charge is 2.39. The molecule has 0 bridgehead atoms. The molecular formula is C30H26N2O3. The van der Waals surface area contributed by atoms with Crippen molar-refractivity contribution >= 4 is 33.8 Å². The molecule has 1 N–H and O–H groups in total. The predicted molar refractivity (Wildman–Crippen MR) is 139 cm³/mol. The van der Waals surface area contributed by atoms with Crippen LogP contribution in [0.5, 0.6) is 5.75 Å². The third kappa shape index (κ3) is 4.53. The van der Waals surface area contributed by atoms with E-state index < -0.39 is 0 Å². The number of anilines is 1. The molecule has 0 aromatic heterocycles. The zero-order chi connectivity index (χ0) is 24.4. The van der Waals surface area contributed by atoms with Gasteiger partial charge < -0.3 is 10.1 Å². The number of carbonyl (C=O) groups excluding carboxylic acids is 2. The van der Waals surface area contributed by atoms with Gasteiger partial charge in [-0.3, -0.25) is 14.5 Å². The smallest absolute Gasteiger partial charge is 0.278 e. The summed E-state index contributed by atoms with van der Waals surface area (Å²) in [5, 5.41) is 5.34. The van der Waals surface area contributed by atoms with Crippen LogP contribution in [0.25, 0.3) is 16.3 Å². The Morgan fingerprint density at radius 3 is 2.20 bits per heavy atom. The third-order valence-corrected chi connectivity index (χ3v) is 5.92. The molecule has 4 aromatic rings. The standard InChI is InChI=1S/C30H26N2O3/c1-20(2)35-24-17-15-23(16-18-24)27-28(31-26-14-8-12-22-11-6-7-13-25(22)26)30(34)32(29(27)33)19-21-9-4-3-5-10-21/h3-18,20,31H,19H2,1-2H3. The highest BCUT2D eigenvalue weighted by molar-refractivity contribution is 6.36. The highest BCUT2D eigenvalue weighted by Crippen LogP contribution is 2.34. The van der Waals surface area contributed by atoms with E-state index in [1.54, 1.807) is 0 Å². The molecule has 0 saturated heterocycles. The number of imide groups is 1. The largest absolute Gasteiger partial charge is 0.491 e. The van der Waals surface area contributed by atoms with Gasteiger partial charge in [-0.05, 0) is 48.6 Å². The summed E-state index contributed by atoms with van der Waals surface area (Å²) in [7, 11) is 0. The van der Waals surface area contributed by atoms with Crippen LogP contribution < -0.4 is 10.1 Å². The minimum Gasteiger partial charge on any atom is -0.491 e. The van der Waals surface area contributed by atoms with Crippen molar-refractivity contribution in [2.45, 2.75) is 26.5 Å². The van der Waals surface area contributed by atoms with Crippen LogP contribution in [0, 0.1) is 0 Å². The molecule has 5 heteroatoms. The molecule has 5 nitrogen and oxygen atoms in total. The number of nitrogens with zero attached hydrogens (tertiary/aromatic N) is 1. The number of fused-ring (bicyclic) bond motifs is 1. The number of nitrogens with one attached hydrogen (secondary N) is 1. The van der Waals surface area contributed by atoms with E-state index in [1.165, 1.54) is 4.90 Å². The number of rotatable bonds is 7. The lowest BCUT2D eigenvalue weighted by Crippen LogP contribution is -2.32. The van der Waals surface area contributed by atoms with Crippen molar-refractivity contribution in [3.05, 3.63) is 114 Å². The summed E-state index contributed by atoms with van der Waals surface area (Å²) in [6, 6.07) is 30.7. The zero-order valence-electron chi connectivity index (χ0n) is 19.7. The first-order valence-electron chi connectivity index (χ1n) is 11.7. The van der Waals surface area contributed by atoms with Crippen molar-refractivity contribution in [1.82, 2.24) is 4.90 Å². The fraction of sp³-hybridized carbons (Fsp3) is 0.133. The minimum atomic E-state index is -0.343. The molecular weight excluding hydrogens is 436 g/mol. The Balaban J connectivity index is 1.57. The summed E-state index contributed by atoms with van der Waals surface area (Å²) >= 11 is 0. The van der Waals surface area contributed by atoms with Crippen LogP contribution in [0.3, 0.4) is 0 Å². The van der Waals surface area contributed by atoms with Gasteiger partial charge in [0.05, 0.1) is 18.2 Å². The summed E-state index contributed by atoms with van der Waals surface area (Å²) in [4.78, 5) is 28.5. The minimum absolute atomic E-state index is 0.0414. The van der Waals surface area contributed by atoms with E-state index in [4.69, 9.17) is 4.74 Å². The average Bonchev–Trinajstić information content (AvgIpc) is 3.09. The van der Waals surface area contributed by atoms with Crippen molar-refractivity contribution < 1.29 is 14.3 Å². The fourth-order valence-electron chi connectivity index (χ4n) is 4.31. The van der Waals surface area contributed by atoms with E-state index in [-0.39, 0.29) is 30.2 Å². The van der Waals surface area contributed by atoms with Gasteiger partial charge in [-0.25, -0.2) is 0 Å². The first-order chi connectivity index (χ1) is 17.0. The molecule has 174 valence electrons. The van der Waals surface area contributed by atoms with Gasteiger partial charge in [0.1, 0.15) is 11.4 Å². The number of amides is 2. The lowest BCUT2D eigenvalue weighted by atomic mass is 10.0. The number of hydrogen-bond donors (Lipinski definition) is 1.